The monoisotopic (exact) mass is 306 g/mol. The molecule has 1 N–H and O–H groups in total. The van der Waals surface area contributed by atoms with Crippen molar-refractivity contribution in [2.75, 3.05) is 5.32 Å². The average Bonchev–Trinajstić information content (AvgIpc) is 2.90. The first-order chi connectivity index (χ1) is 9.63. The Hall–Kier alpha value is -1.65. The van der Waals surface area contributed by atoms with Crippen LogP contribution in [0, 0.1) is 5.82 Å². The molecule has 0 aliphatic carbocycles. The molecule has 1 aromatic carbocycles. The lowest BCUT2D eigenvalue weighted by Gasteiger charge is -2.15. The quantitative estimate of drug-likeness (QED) is 0.713. The Morgan fingerprint density at radius 1 is 1.30 bits per heavy atom. The van der Waals surface area contributed by atoms with Gasteiger partial charge in [0.1, 0.15) is 5.82 Å². The van der Waals surface area contributed by atoms with Gasteiger partial charge in [-0.15, -0.1) is 11.3 Å². The molecular weight excluding hydrogens is 295 g/mol. The lowest BCUT2D eigenvalue weighted by atomic mass is 10.1. The van der Waals surface area contributed by atoms with Crippen LogP contribution in [0.1, 0.15) is 18.5 Å². The standard InChI is InChI=1S/C15H12ClFN2S/c1-9(19-11-2-3-12(16)13(17)7-11)10-6-15-14(18-8-10)4-5-20-15/h2-9,19H,1H3. The Morgan fingerprint density at radius 2 is 2.15 bits per heavy atom. The lowest BCUT2D eigenvalue weighted by Crippen LogP contribution is -2.07. The summed E-state index contributed by atoms with van der Waals surface area (Å²) in [5.74, 6) is -0.421. The Balaban J connectivity index is 1.84. The number of pyridine rings is 1. The zero-order valence-electron chi connectivity index (χ0n) is 10.7. The van der Waals surface area contributed by atoms with E-state index in [4.69, 9.17) is 11.6 Å². The molecule has 20 heavy (non-hydrogen) atoms. The van der Waals surface area contributed by atoms with Crippen LogP contribution < -0.4 is 5.32 Å². The molecular formula is C15H12ClFN2S. The molecule has 0 spiro atoms. The molecule has 0 amide bonds. The first-order valence-corrected chi connectivity index (χ1v) is 7.44. The highest BCUT2D eigenvalue weighted by Crippen LogP contribution is 2.26. The number of halogens is 2. The third-order valence-corrected chi connectivity index (χ3v) is 4.29. The largest absolute Gasteiger partial charge is 0.378 e. The topological polar surface area (TPSA) is 24.9 Å². The van der Waals surface area contributed by atoms with Crippen LogP contribution in [-0.2, 0) is 0 Å². The van der Waals surface area contributed by atoms with Gasteiger partial charge in [-0.1, -0.05) is 11.6 Å². The van der Waals surface area contributed by atoms with Gasteiger partial charge >= 0.3 is 0 Å². The summed E-state index contributed by atoms with van der Waals surface area (Å²) < 4.78 is 14.6. The second-order valence-corrected chi connectivity index (χ2v) is 5.92. The van der Waals surface area contributed by atoms with E-state index in [2.05, 4.69) is 16.4 Å². The van der Waals surface area contributed by atoms with Gasteiger partial charge in [0, 0.05) is 11.9 Å². The Labute approximate surface area is 125 Å². The maximum atomic E-state index is 13.4. The van der Waals surface area contributed by atoms with E-state index in [0.717, 1.165) is 15.8 Å². The van der Waals surface area contributed by atoms with Crippen molar-refractivity contribution < 1.29 is 4.39 Å². The summed E-state index contributed by atoms with van der Waals surface area (Å²) in [5.41, 5.74) is 2.77. The molecule has 0 aliphatic rings. The van der Waals surface area contributed by atoms with Gasteiger partial charge in [0.2, 0.25) is 0 Å². The zero-order chi connectivity index (χ0) is 14.1. The van der Waals surface area contributed by atoms with Crippen LogP contribution in [0.3, 0.4) is 0 Å². The van der Waals surface area contributed by atoms with Crippen molar-refractivity contribution in [1.29, 1.82) is 0 Å². The van der Waals surface area contributed by atoms with E-state index >= 15 is 0 Å². The van der Waals surface area contributed by atoms with E-state index in [1.807, 2.05) is 24.6 Å². The normalized spacial score (nSPS) is 12.6. The van der Waals surface area contributed by atoms with E-state index in [9.17, 15) is 4.39 Å². The van der Waals surface area contributed by atoms with E-state index in [1.54, 1.807) is 23.5 Å². The number of hydrogen-bond acceptors (Lipinski definition) is 3. The van der Waals surface area contributed by atoms with Crippen LogP contribution in [0.4, 0.5) is 10.1 Å². The van der Waals surface area contributed by atoms with Crippen LogP contribution in [-0.4, -0.2) is 4.98 Å². The molecule has 0 radical (unpaired) electrons. The summed E-state index contributed by atoms with van der Waals surface area (Å²) in [6, 6.07) is 8.85. The van der Waals surface area contributed by atoms with E-state index in [1.165, 1.54) is 6.07 Å². The predicted molar refractivity (Wildman–Crippen MR) is 83.1 cm³/mol. The summed E-state index contributed by atoms with van der Waals surface area (Å²) in [6.07, 6.45) is 1.85. The van der Waals surface area contributed by atoms with E-state index < -0.39 is 5.82 Å². The maximum absolute atomic E-state index is 13.4. The molecule has 3 rings (SSSR count). The Morgan fingerprint density at radius 3 is 2.95 bits per heavy atom. The maximum Gasteiger partial charge on any atom is 0.143 e. The summed E-state index contributed by atoms with van der Waals surface area (Å²) in [4.78, 5) is 4.41. The fraction of sp³-hybridized carbons (Fsp3) is 0.133. The summed E-state index contributed by atoms with van der Waals surface area (Å²) in [5, 5.41) is 5.40. The first kappa shape index (κ1) is 13.3. The fourth-order valence-electron chi connectivity index (χ4n) is 2.02. The molecule has 0 fully saturated rings. The van der Waals surface area contributed by atoms with Crippen molar-refractivity contribution in [2.45, 2.75) is 13.0 Å². The second kappa shape index (κ2) is 5.38. The molecule has 0 bridgehead atoms. The van der Waals surface area contributed by atoms with Crippen LogP contribution in [0.2, 0.25) is 5.02 Å². The molecule has 102 valence electrons. The van der Waals surface area contributed by atoms with Crippen molar-refractivity contribution in [2.24, 2.45) is 0 Å². The molecule has 2 aromatic heterocycles. The van der Waals surface area contributed by atoms with Crippen molar-refractivity contribution in [3.05, 3.63) is 58.3 Å². The number of benzene rings is 1. The number of hydrogen-bond donors (Lipinski definition) is 1. The van der Waals surface area contributed by atoms with Crippen molar-refractivity contribution in [3.63, 3.8) is 0 Å². The average molecular weight is 307 g/mol. The van der Waals surface area contributed by atoms with Crippen molar-refractivity contribution in [1.82, 2.24) is 4.98 Å². The SMILES string of the molecule is CC(Nc1ccc(Cl)c(F)c1)c1cnc2ccsc2c1. The minimum absolute atomic E-state index is 0.0366. The van der Waals surface area contributed by atoms with Crippen LogP contribution in [0.5, 0.6) is 0 Å². The summed E-state index contributed by atoms with van der Waals surface area (Å²) in [7, 11) is 0. The molecule has 1 unspecified atom stereocenters. The summed E-state index contributed by atoms with van der Waals surface area (Å²) >= 11 is 7.34. The van der Waals surface area contributed by atoms with Crippen molar-refractivity contribution >= 4 is 38.8 Å². The molecule has 5 heteroatoms. The molecule has 3 aromatic rings. The van der Waals surface area contributed by atoms with Gasteiger partial charge in [-0.3, -0.25) is 4.98 Å². The van der Waals surface area contributed by atoms with Gasteiger partial charge in [0.05, 0.1) is 21.3 Å². The smallest absolute Gasteiger partial charge is 0.143 e. The Kier molecular flexibility index (Phi) is 3.59. The second-order valence-electron chi connectivity index (χ2n) is 4.57. The number of aromatic nitrogens is 1. The van der Waals surface area contributed by atoms with Crippen LogP contribution in [0.15, 0.2) is 41.9 Å². The third kappa shape index (κ3) is 2.62. The molecule has 0 saturated heterocycles. The minimum Gasteiger partial charge on any atom is -0.378 e. The number of nitrogens with zero attached hydrogens (tertiary/aromatic N) is 1. The number of fused-ring (bicyclic) bond motifs is 1. The zero-order valence-corrected chi connectivity index (χ0v) is 12.3. The van der Waals surface area contributed by atoms with Crippen molar-refractivity contribution in [3.8, 4) is 0 Å². The molecule has 1 atom stereocenters. The van der Waals surface area contributed by atoms with Gasteiger partial charge in [-0.2, -0.15) is 0 Å². The third-order valence-electron chi connectivity index (χ3n) is 3.13. The fourth-order valence-corrected chi connectivity index (χ4v) is 2.92. The van der Waals surface area contributed by atoms with Gasteiger partial charge in [0.25, 0.3) is 0 Å². The van der Waals surface area contributed by atoms with Gasteiger partial charge in [-0.25, -0.2) is 4.39 Å². The first-order valence-electron chi connectivity index (χ1n) is 6.18. The number of nitrogens with one attached hydrogen (secondary N) is 1. The molecule has 2 nitrogen and oxygen atoms in total. The highest BCUT2D eigenvalue weighted by Gasteiger charge is 2.09. The highest BCUT2D eigenvalue weighted by molar-refractivity contribution is 7.17. The predicted octanol–water partition coefficient (Wildman–Crippen LogP) is 5.26. The van der Waals surface area contributed by atoms with Gasteiger partial charge in [-0.05, 0) is 48.2 Å². The number of rotatable bonds is 3. The van der Waals surface area contributed by atoms with E-state index in [-0.39, 0.29) is 11.1 Å². The molecule has 2 heterocycles. The van der Waals surface area contributed by atoms with Crippen LogP contribution in [0.25, 0.3) is 10.2 Å². The lowest BCUT2D eigenvalue weighted by molar-refractivity contribution is 0.628. The minimum atomic E-state index is -0.421. The van der Waals surface area contributed by atoms with Gasteiger partial charge in [0.15, 0.2) is 0 Å². The molecule has 0 aliphatic heterocycles. The number of thiophene rings is 1. The summed E-state index contributed by atoms with van der Waals surface area (Å²) in [6.45, 7) is 2.02. The highest BCUT2D eigenvalue weighted by atomic mass is 35.5. The Bertz CT molecular complexity index is 756. The van der Waals surface area contributed by atoms with Gasteiger partial charge < -0.3 is 5.32 Å². The number of anilines is 1. The van der Waals surface area contributed by atoms with Crippen LogP contribution >= 0.6 is 22.9 Å². The molecule has 0 saturated carbocycles. The van der Waals surface area contributed by atoms with E-state index in [0.29, 0.717) is 5.69 Å².